The first-order valence-corrected chi connectivity index (χ1v) is 9.91. The maximum Gasteiger partial charge on any atom is 0.416 e. The van der Waals surface area contributed by atoms with Crippen molar-refractivity contribution in [3.8, 4) is 11.5 Å². The van der Waals surface area contributed by atoms with Crippen molar-refractivity contribution >= 4 is 23.4 Å². The molecule has 0 bridgehead atoms. The number of ether oxygens (including phenoxy) is 1. The van der Waals surface area contributed by atoms with Crippen LogP contribution in [0.15, 0.2) is 78.9 Å². The van der Waals surface area contributed by atoms with E-state index in [0.717, 1.165) is 6.07 Å². The fourth-order valence-electron chi connectivity index (χ4n) is 3.20. The lowest BCUT2D eigenvalue weighted by atomic mass is 10.1. The summed E-state index contributed by atoms with van der Waals surface area (Å²) in [7, 11) is 0. The minimum absolute atomic E-state index is 0.0838. The number of anilines is 1. The third kappa shape index (κ3) is 4.10. The van der Waals surface area contributed by atoms with Crippen molar-refractivity contribution in [3.63, 3.8) is 0 Å². The fraction of sp³-hybridized carbons (Fsp3) is 0.136. The molecule has 1 unspecified atom stereocenters. The number of amides is 1. The summed E-state index contributed by atoms with van der Waals surface area (Å²) in [5, 5.41) is -0.735. The molecule has 1 amide bonds. The number of carbonyl (C=O) groups excluding carboxylic acids is 1. The van der Waals surface area contributed by atoms with E-state index in [-0.39, 0.29) is 17.2 Å². The van der Waals surface area contributed by atoms with E-state index >= 15 is 0 Å². The molecule has 29 heavy (non-hydrogen) atoms. The van der Waals surface area contributed by atoms with Gasteiger partial charge in [-0.3, -0.25) is 9.69 Å². The summed E-state index contributed by atoms with van der Waals surface area (Å²) in [6.45, 7) is 0. The number of carbonyl (C=O) groups is 1. The second kappa shape index (κ2) is 7.83. The molecule has 0 spiro atoms. The average Bonchev–Trinajstić information content (AvgIpc) is 3.10. The van der Waals surface area contributed by atoms with Crippen molar-refractivity contribution in [3.05, 3.63) is 90.0 Å². The van der Waals surface area contributed by atoms with Crippen molar-refractivity contribution in [1.82, 2.24) is 0 Å². The monoisotopic (exact) mass is 415 g/mol. The second-order valence-electron chi connectivity index (χ2n) is 6.42. The maximum absolute atomic E-state index is 13.5. The van der Waals surface area contributed by atoms with Gasteiger partial charge in [0, 0.05) is 5.69 Å². The number of nitrogens with zero attached hydrogens (tertiary/aromatic N) is 1. The normalized spacial score (nSPS) is 16.9. The van der Waals surface area contributed by atoms with Gasteiger partial charge in [0.25, 0.3) is 0 Å². The van der Waals surface area contributed by atoms with Gasteiger partial charge in [-0.2, -0.15) is 13.2 Å². The molecule has 0 aromatic heterocycles. The van der Waals surface area contributed by atoms with Crippen LogP contribution in [-0.2, 0) is 11.0 Å². The van der Waals surface area contributed by atoms with Gasteiger partial charge in [-0.05, 0) is 48.0 Å². The van der Waals surface area contributed by atoms with Crippen molar-refractivity contribution in [2.75, 3.05) is 10.7 Å². The van der Waals surface area contributed by atoms with Crippen LogP contribution in [0.4, 0.5) is 18.9 Å². The highest BCUT2D eigenvalue weighted by molar-refractivity contribution is 8.00. The number of thioether (sulfide) groups is 1. The number of hydrogen-bond donors (Lipinski definition) is 0. The molecule has 0 radical (unpaired) electrons. The predicted octanol–water partition coefficient (Wildman–Crippen LogP) is 6.28. The Morgan fingerprint density at radius 2 is 1.48 bits per heavy atom. The van der Waals surface area contributed by atoms with Gasteiger partial charge in [0.15, 0.2) is 0 Å². The van der Waals surface area contributed by atoms with E-state index in [0.29, 0.717) is 17.2 Å². The summed E-state index contributed by atoms with van der Waals surface area (Å²) in [6, 6.07) is 21.4. The number of halogens is 3. The van der Waals surface area contributed by atoms with Crippen LogP contribution in [0, 0.1) is 0 Å². The quantitative estimate of drug-likeness (QED) is 0.503. The molecular weight excluding hydrogens is 399 g/mol. The van der Waals surface area contributed by atoms with Crippen molar-refractivity contribution in [2.24, 2.45) is 0 Å². The van der Waals surface area contributed by atoms with Gasteiger partial charge < -0.3 is 4.74 Å². The van der Waals surface area contributed by atoms with Gasteiger partial charge in [0.2, 0.25) is 5.91 Å². The Balaban J connectivity index is 1.63. The van der Waals surface area contributed by atoms with E-state index in [1.54, 1.807) is 30.3 Å². The molecule has 3 nitrogen and oxygen atoms in total. The van der Waals surface area contributed by atoms with Crippen molar-refractivity contribution < 1.29 is 22.7 Å². The summed E-state index contributed by atoms with van der Waals surface area (Å²) < 4.78 is 46.1. The number of benzene rings is 3. The fourth-order valence-corrected chi connectivity index (χ4v) is 4.42. The van der Waals surface area contributed by atoms with Gasteiger partial charge in [-0.1, -0.05) is 36.4 Å². The minimum atomic E-state index is -4.48. The van der Waals surface area contributed by atoms with Gasteiger partial charge in [-0.25, -0.2) is 0 Å². The van der Waals surface area contributed by atoms with E-state index < -0.39 is 17.1 Å². The Morgan fingerprint density at radius 3 is 2.17 bits per heavy atom. The summed E-state index contributed by atoms with van der Waals surface area (Å²) in [4.78, 5) is 13.9. The van der Waals surface area contributed by atoms with Crippen LogP contribution in [0.3, 0.4) is 0 Å². The highest BCUT2D eigenvalue weighted by Crippen LogP contribution is 2.46. The van der Waals surface area contributed by atoms with E-state index in [1.807, 2.05) is 30.3 Å². The van der Waals surface area contributed by atoms with Crippen LogP contribution in [0.2, 0.25) is 0 Å². The average molecular weight is 415 g/mol. The van der Waals surface area contributed by atoms with Crippen molar-refractivity contribution in [1.29, 1.82) is 0 Å². The SMILES string of the molecule is O=C1CSC(c2ccccc2C(F)(F)F)N1c1ccc(Oc2ccccc2)cc1. The van der Waals surface area contributed by atoms with Gasteiger partial charge in [-0.15, -0.1) is 11.8 Å². The lowest BCUT2D eigenvalue weighted by Crippen LogP contribution is -2.29. The molecule has 0 aliphatic carbocycles. The number of para-hydroxylation sites is 1. The zero-order valence-corrected chi connectivity index (χ0v) is 15.9. The Kier molecular flexibility index (Phi) is 5.24. The summed E-state index contributed by atoms with van der Waals surface area (Å²) in [5.74, 6) is 1.14. The van der Waals surface area contributed by atoms with Gasteiger partial charge in [0.05, 0.1) is 11.3 Å². The molecule has 1 atom stereocenters. The summed E-state index contributed by atoms with van der Waals surface area (Å²) in [6.07, 6.45) is -4.48. The topological polar surface area (TPSA) is 29.5 Å². The molecule has 1 aliphatic rings. The van der Waals surface area contributed by atoms with E-state index in [1.165, 1.54) is 28.8 Å². The van der Waals surface area contributed by atoms with Gasteiger partial charge in [0.1, 0.15) is 16.9 Å². The molecule has 148 valence electrons. The van der Waals surface area contributed by atoms with Gasteiger partial charge >= 0.3 is 6.18 Å². The third-order valence-electron chi connectivity index (χ3n) is 4.49. The van der Waals surface area contributed by atoms with E-state index in [4.69, 9.17) is 4.74 Å². The Labute approximate surface area is 170 Å². The van der Waals surface area contributed by atoms with E-state index in [9.17, 15) is 18.0 Å². The zero-order valence-electron chi connectivity index (χ0n) is 15.1. The Hall–Kier alpha value is -2.93. The summed E-state index contributed by atoms with van der Waals surface area (Å²) in [5.41, 5.74) is -0.107. The molecule has 0 saturated carbocycles. The highest BCUT2D eigenvalue weighted by Gasteiger charge is 2.40. The first-order chi connectivity index (χ1) is 13.9. The third-order valence-corrected chi connectivity index (χ3v) is 5.69. The van der Waals surface area contributed by atoms with Crippen LogP contribution < -0.4 is 9.64 Å². The van der Waals surface area contributed by atoms with Crippen LogP contribution in [-0.4, -0.2) is 11.7 Å². The van der Waals surface area contributed by atoms with Crippen molar-refractivity contribution in [2.45, 2.75) is 11.6 Å². The largest absolute Gasteiger partial charge is 0.457 e. The molecular formula is C22H16F3NO2S. The first kappa shape index (κ1) is 19.4. The van der Waals surface area contributed by atoms with Crippen LogP contribution in [0.1, 0.15) is 16.5 Å². The molecule has 1 saturated heterocycles. The predicted molar refractivity (Wildman–Crippen MR) is 107 cm³/mol. The molecule has 7 heteroatoms. The first-order valence-electron chi connectivity index (χ1n) is 8.86. The Morgan fingerprint density at radius 1 is 0.862 bits per heavy atom. The number of hydrogen-bond acceptors (Lipinski definition) is 3. The maximum atomic E-state index is 13.5. The molecule has 1 aliphatic heterocycles. The molecule has 4 rings (SSSR count). The molecule has 0 N–H and O–H groups in total. The van der Waals surface area contributed by atoms with E-state index in [2.05, 4.69) is 0 Å². The lowest BCUT2D eigenvalue weighted by Gasteiger charge is -2.26. The minimum Gasteiger partial charge on any atom is -0.457 e. The lowest BCUT2D eigenvalue weighted by molar-refractivity contribution is -0.138. The highest BCUT2D eigenvalue weighted by atomic mass is 32.2. The molecule has 3 aromatic carbocycles. The zero-order chi connectivity index (χ0) is 20.4. The van der Waals surface area contributed by atoms with Crippen LogP contribution in [0.5, 0.6) is 11.5 Å². The molecule has 1 fully saturated rings. The Bertz CT molecular complexity index is 1010. The van der Waals surface area contributed by atoms with Crippen LogP contribution in [0.25, 0.3) is 0 Å². The molecule has 3 aromatic rings. The summed E-state index contributed by atoms with van der Waals surface area (Å²) >= 11 is 1.19. The number of alkyl halides is 3. The smallest absolute Gasteiger partial charge is 0.416 e. The number of rotatable bonds is 4. The molecule has 1 heterocycles. The van der Waals surface area contributed by atoms with Crippen LogP contribution >= 0.6 is 11.8 Å². The standard InChI is InChI=1S/C22H16F3NO2S/c23-22(24,25)19-9-5-4-8-18(19)21-26(20(27)14-29-21)15-10-12-17(13-11-15)28-16-6-2-1-3-7-16/h1-13,21H,14H2. The second-order valence-corrected chi connectivity index (χ2v) is 7.49.